The van der Waals surface area contributed by atoms with Gasteiger partial charge in [-0.15, -0.1) is 0 Å². The molecule has 3 nitrogen and oxygen atoms in total. The maximum absolute atomic E-state index is 5.34. The van der Waals surface area contributed by atoms with Crippen LogP contribution >= 0.6 is 0 Å². The van der Waals surface area contributed by atoms with E-state index in [0.29, 0.717) is 5.84 Å². The molecule has 10 heavy (non-hydrogen) atoms. The Hall–Kier alpha value is -0.570. The molecule has 0 aliphatic rings. The third-order valence-electron chi connectivity index (χ3n) is 1.12. The standard InChI is InChI=1S/C7H17N3/c1-3-9-5-4-6-10-7(2)8/h9H,3-6H2,1-2H3,(H2,8,10). The van der Waals surface area contributed by atoms with Gasteiger partial charge >= 0.3 is 0 Å². The van der Waals surface area contributed by atoms with Gasteiger partial charge in [0.2, 0.25) is 0 Å². The van der Waals surface area contributed by atoms with Gasteiger partial charge < -0.3 is 11.1 Å². The average molecular weight is 143 g/mol. The molecule has 0 unspecified atom stereocenters. The summed E-state index contributed by atoms with van der Waals surface area (Å²) < 4.78 is 0. The van der Waals surface area contributed by atoms with Crippen LogP contribution in [0.3, 0.4) is 0 Å². The minimum atomic E-state index is 0.677. The van der Waals surface area contributed by atoms with Crippen LogP contribution in [0.2, 0.25) is 0 Å². The number of hydrogen-bond acceptors (Lipinski definition) is 2. The maximum atomic E-state index is 5.34. The molecule has 0 amide bonds. The van der Waals surface area contributed by atoms with Crippen molar-refractivity contribution in [3.63, 3.8) is 0 Å². The van der Waals surface area contributed by atoms with Gasteiger partial charge in [0, 0.05) is 6.54 Å². The van der Waals surface area contributed by atoms with Crippen LogP contribution in [-0.4, -0.2) is 25.5 Å². The molecule has 0 spiro atoms. The molecule has 0 aromatic rings. The van der Waals surface area contributed by atoms with Crippen molar-refractivity contribution in [2.45, 2.75) is 20.3 Å². The molecule has 0 atom stereocenters. The SMILES string of the molecule is CCNCCCN=C(C)N. The van der Waals surface area contributed by atoms with Crippen molar-refractivity contribution in [1.29, 1.82) is 0 Å². The lowest BCUT2D eigenvalue weighted by Gasteiger charge is -1.97. The molecule has 0 aliphatic heterocycles. The number of hydrogen-bond donors (Lipinski definition) is 2. The second-order valence-corrected chi connectivity index (χ2v) is 2.23. The van der Waals surface area contributed by atoms with E-state index in [4.69, 9.17) is 5.73 Å². The number of nitrogens with zero attached hydrogens (tertiary/aromatic N) is 1. The first-order chi connectivity index (χ1) is 4.77. The van der Waals surface area contributed by atoms with Crippen molar-refractivity contribution in [3.8, 4) is 0 Å². The second-order valence-electron chi connectivity index (χ2n) is 2.23. The highest BCUT2D eigenvalue weighted by Crippen LogP contribution is 1.78. The van der Waals surface area contributed by atoms with Crippen LogP contribution in [0.15, 0.2) is 4.99 Å². The van der Waals surface area contributed by atoms with Crippen LogP contribution < -0.4 is 11.1 Å². The predicted molar refractivity (Wildman–Crippen MR) is 45.3 cm³/mol. The zero-order chi connectivity index (χ0) is 7.82. The molecule has 0 bridgehead atoms. The van der Waals surface area contributed by atoms with Crippen LogP contribution in [0.1, 0.15) is 20.3 Å². The molecule has 0 heterocycles. The van der Waals surface area contributed by atoms with Crippen molar-refractivity contribution < 1.29 is 0 Å². The van der Waals surface area contributed by atoms with E-state index >= 15 is 0 Å². The molecule has 0 saturated carbocycles. The fourth-order valence-corrected chi connectivity index (χ4v) is 0.636. The quantitative estimate of drug-likeness (QED) is 0.332. The monoisotopic (exact) mass is 143 g/mol. The molecule has 0 radical (unpaired) electrons. The van der Waals surface area contributed by atoms with Crippen molar-refractivity contribution in [2.24, 2.45) is 10.7 Å². The van der Waals surface area contributed by atoms with E-state index in [2.05, 4.69) is 17.2 Å². The maximum Gasteiger partial charge on any atom is 0.0905 e. The molecular weight excluding hydrogens is 126 g/mol. The molecule has 0 saturated heterocycles. The van der Waals surface area contributed by atoms with Crippen LogP contribution in [0.25, 0.3) is 0 Å². The highest BCUT2D eigenvalue weighted by Gasteiger charge is 1.83. The van der Waals surface area contributed by atoms with Crippen LogP contribution in [0.5, 0.6) is 0 Å². The first-order valence-corrected chi connectivity index (χ1v) is 3.74. The van der Waals surface area contributed by atoms with Gasteiger partial charge in [-0.05, 0) is 26.4 Å². The first kappa shape index (κ1) is 9.43. The average Bonchev–Trinajstić information content (AvgIpc) is 1.87. The van der Waals surface area contributed by atoms with Gasteiger partial charge in [-0.3, -0.25) is 4.99 Å². The lowest BCUT2D eigenvalue weighted by Crippen LogP contribution is -2.15. The summed E-state index contributed by atoms with van der Waals surface area (Å²) in [5, 5.41) is 3.21. The Labute approximate surface area is 62.7 Å². The zero-order valence-electron chi connectivity index (χ0n) is 6.85. The molecule has 3 N–H and O–H groups in total. The molecule has 0 aromatic heterocycles. The van der Waals surface area contributed by atoms with Crippen LogP contribution in [0.4, 0.5) is 0 Å². The van der Waals surface area contributed by atoms with Gasteiger partial charge in [0.15, 0.2) is 0 Å². The smallest absolute Gasteiger partial charge is 0.0905 e. The van der Waals surface area contributed by atoms with E-state index in [1.165, 1.54) is 0 Å². The van der Waals surface area contributed by atoms with Crippen molar-refractivity contribution in [1.82, 2.24) is 5.32 Å². The Morgan fingerprint density at radius 3 is 2.80 bits per heavy atom. The Balaban J connectivity index is 2.98. The molecule has 0 aromatic carbocycles. The van der Waals surface area contributed by atoms with Crippen molar-refractivity contribution in [2.75, 3.05) is 19.6 Å². The van der Waals surface area contributed by atoms with E-state index in [9.17, 15) is 0 Å². The van der Waals surface area contributed by atoms with Gasteiger partial charge in [0.05, 0.1) is 5.84 Å². The fourth-order valence-electron chi connectivity index (χ4n) is 0.636. The van der Waals surface area contributed by atoms with Gasteiger partial charge in [0.25, 0.3) is 0 Å². The number of rotatable bonds is 5. The third-order valence-corrected chi connectivity index (χ3v) is 1.12. The van der Waals surface area contributed by atoms with E-state index in [1.807, 2.05) is 6.92 Å². The van der Waals surface area contributed by atoms with Gasteiger partial charge in [0.1, 0.15) is 0 Å². The summed E-state index contributed by atoms with van der Waals surface area (Å²) in [5.41, 5.74) is 5.34. The highest BCUT2D eigenvalue weighted by molar-refractivity contribution is 5.77. The topological polar surface area (TPSA) is 50.4 Å². The summed E-state index contributed by atoms with van der Waals surface area (Å²) in [6.45, 7) is 6.82. The predicted octanol–water partition coefficient (Wildman–Crippen LogP) is 0.363. The minimum absolute atomic E-state index is 0.677. The van der Waals surface area contributed by atoms with E-state index in [1.54, 1.807) is 0 Å². The Bertz CT molecular complexity index is 95.0. The highest BCUT2D eigenvalue weighted by atomic mass is 14.9. The number of aliphatic imine (C=N–C) groups is 1. The molecule has 3 heteroatoms. The van der Waals surface area contributed by atoms with Gasteiger partial charge in [-0.2, -0.15) is 0 Å². The summed E-state index contributed by atoms with van der Waals surface area (Å²) in [5.74, 6) is 0.677. The van der Waals surface area contributed by atoms with E-state index in [0.717, 1.165) is 26.1 Å². The molecule has 0 rings (SSSR count). The Kier molecular flexibility index (Phi) is 6.18. The first-order valence-electron chi connectivity index (χ1n) is 3.74. The minimum Gasteiger partial charge on any atom is -0.388 e. The Morgan fingerprint density at radius 2 is 2.30 bits per heavy atom. The Morgan fingerprint density at radius 1 is 1.60 bits per heavy atom. The molecule has 0 fully saturated rings. The zero-order valence-corrected chi connectivity index (χ0v) is 6.85. The van der Waals surface area contributed by atoms with Crippen LogP contribution in [0, 0.1) is 0 Å². The van der Waals surface area contributed by atoms with E-state index in [-0.39, 0.29) is 0 Å². The second kappa shape index (κ2) is 6.55. The normalized spacial score (nSPS) is 12.0. The largest absolute Gasteiger partial charge is 0.388 e. The molecular formula is C7H17N3. The number of amidine groups is 1. The fraction of sp³-hybridized carbons (Fsp3) is 0.857. The van der Waals surface area contributed by atoms with Crippen LogP contribution in [-0.2, 0) is 0 Å². The van der Waals surface area contributed by atoms with Gasteiger partial charge in [-0.25, -0.2) is 0 Å². The molecule has 60 valence electrons. The van der Waals surface area contributed by atoms with Gasteiger partial charge in [-0.1, -0.05) is 6.92 Å². The summed E-state index contributed by atoms with van der Waals surface area (Å²) >= 11 is 0. The summed E-state index contributed by atoms with van der Waals surface area (Å²) in [7, 11) is 0. The number of nitrogens with one attached hydrogen (secondary N) is 1. The van der Waals surface area contributed by atoms with E-state index < -0.39 is 0 Å². The summed E-state index contributed by atoms with van der Waals surface area (Å²) in [6, 6.07) is 0. The van der Waals surface area contributed by atoms with Crippen molar-refractivity contribution >= 4 is 5.84 Å². The third kappa shape index (κ3) is 7.43. The lowest BCUT2D eigenvalue weighted by atomic mass is 10.4. The lowest BCUT2D eigenvalue weighted by molar-refractivity contribution is 0.679. The summed E-state index contributed by atoms with van der Waals surface area (Å²) in [4.78, 5) is 4.05. The summed E-state index contributed by atoms with van der Waals surface area (Å²) in [6.07, 6.45) is 1.07. The molecule has 0 aliphatic carbocycles. The number of nitrogens with two attached hydrogens (primary N) is 1. The van der Waals surface area contributed by atoms with Crippen molar-refractivity contribution in [3.05, 3.63) is 0 Å².